The first-order chi connectivity index (χ1) is 13.9. The summed E-state index contributed by atoms with van der Waals surface area (Å²) in [4.78, 5) is -0.970. The molecule has 0 aliphatic carbocycles. The molecule has 2 aromatic rings. The Labute approximate surface area is 182 Å². The van der Waals surface area contributed by atoms with E-state index in [1.165, 1.54) is 6.92 Å². The van der Waals surface area contributed by atoms with Crippen LogP contribution in [0.1, 0.15) is 18.1 Å². The number of halogens is 8. The Hall–Kier alpha value is -1.70. The van der Waals surface area contributed by atoms with Crippen molar-refractivity contribution < 1.29 is 47.9 Å². The van der Waals surface area contributed by atoms with Gasteiger partial charge in [-0.05, 0) is 49.4 Å². The van der Waals surface area contributed by atoms with E-state index in [0.717, 1.165) is 24.3 Å². The Balaban J connectivity index is 0.000000316. The highest BCUT2D eigenvalue weighted by Crippen LogP contribution is 2.38. The quantitative estimate of drug-likeness (QED) is 0.374. The van der Waals surface area contributed by atoms with Crippen LogP contribution in [-0.2, 0) is 30.5 Å². The number of hydrogen-bond acceptors (Lipinski definition) is 5. The second kappa shape index (κ2) is 9.84. The van der Waals surface area contributed by atoms with Crippen molar-refractivity contribution in [1.82, 2.24) is 0 Å². The largest absolute Gasteiger partial charge is 0.493 e. The minimum Gasteiger partial charge on any atom is -0.493 e. The molecule has 0 saturated heterocycles. The highest BCUT2D eigenvalue weighted by molar-refractivity contribution is 8.14. The summed E-state index contributed by atoms with van der Waals surface area (Å²) < 4.78 is 122. The summed E-state index contributed by atoms with van der Waals surface area (Å²) >= 11 is 0. The average molecular weight is 533 g/mol. The van der Waals surface area contributed by atoms with Gasteiger partial charge in [-0.25, -0.2) is 16.8 Å². The summed E-state index contributed by atoms with van der Waals surface area (Å²) in [6, 6.07) is 5.29. The lowest BCUT2D eigenvalue weighted by Crippen LogP contribution is -2.09. The molecule has 5 nitrogen and oxygen atoms in total. The topological polar surface area (TPSA) is 77.5 Å². The first-order valence-corrected chi connectivity index (χ1v) is 12.4. The van der Waals surface area contributed by atoms with Crippen molar-refractivity contribution in [1.29, 1.82) is 0 Å². The van der Waals surface area contributed by atoms with Crippen LogP contribution in [0, 0.1) is 0 Å². The Bertz CT molecular complexity index is 1110. The zero-order valence-corrected chi connectivity index (χ0v) is 18.3. The van der Waals surface area contributed by atoms with Crippen LogP contribution in [0.2, 0.25) is 0 Å². The lowest BCUT2D eigenvalue weighted by Gasteiger charge is -2.13. The van der Waals surface area contributed by atoms with Crippen LogP contribution < -0.4 is 4.74 Å². The molecule has 0 amide bonds. The second-order valence-corrected chi connectivity index (χ2v) is 10.6. The molecule has 0 aromatic heterocycles. The van der Waals surface area contributed by atoms with E-state index >= 15 is 0 Å². The molecular weight excluding hydrogens is 521 g/mol. The van der Waals surface area contributed by atoms with E-state index in [1.807, 2.05) is 0 Å². The van der Waals surface area contributed by atoms with Crippen molar-refractivity contribution in [3.8, 4) is 5.75 Å². The number of hydrogen-bond donors (Lipinski definition) is 0. The number of alkyl halides is 6. The molecule has 0 heterocycles. The fourth-order valence-corrected chi connectivity index (χ4v) is 3.52. The average Bonchev–Trinajstić information content (AvgIpc) is 2.60. The van der Waals surface area contributed by atoms with Crippen molar-refractivity contribution >= 4 is 39.5 Å². The number of ether oxygens (including phenoxy) is 1. The third-order valence-corrected chi connectivity index (χ3v) is 6.02. The molecule has 0 aliphatic rings. The Morgan fingerprint density at radius 1 is 0.774 bits per heavy atom. The second-order valence-electron chi connectivity index (χ2n) is 5.49. The van der Waals surface area contributed by atoms with Crippen molar-refractivity contribution in [3.05, 3.63) is 53.6 Å². The zero-order valence-electron chi connectivity index (χ0n) is 15.1. The SMILES string of the molecule is CCOc1ccc(S(=O)(=O)Cl)cc1C(F)(F)F.O=S(=O)(Cl)c1ccc(C(F)(F)F)cc1. The molecule has 0 atom stereocenters. The molecule has 174 valence electrons. The monoisotopic (exact) mass is 532 g/mol. The first kappa shape index (κ1) is 27.3. The third-order valence-electron chi connectivity index (χ3n) is 3.30. The fraction of sp³-hybridized carbons (Fsp3) is 0.250. The van der Waals surface area contributed by atoms with Gasteiger partial charge in [0.2, 0.25) is 0 Å². The molecule has 0 unspecified atom stereocenters. The van der Waals surface area contributed by atoms with Crippen LogP contribution in [0.15, 0.2) is 52.3 Å². The third kappa shape index (κ3) is 8.39. The van der Waals surface area contributed by atoms with Gasteiger partial charge in [-0.1, -0.05) is 0 Å². The predicted octanol–water partition coefficient (Wildman–Crippen LogP) is 5.66. The van der Waals surface area contributed by atoms with Gasteiger partial charge in [0, 0.05) is 21.4 Å². The van der Waals surface area contributed by atoms with Gasteiger partial charge in [-0.15, -0.1) is 0 Å². The molecule has 0 radical (unpaired) electrons. The molecule has 2 rings (SSSR count). The lowest BCUT2D eigenvalue weighted by molar-refractivity contribution is -0.139. The number of rotatable bonds is 4. The Morgan fingerprint density at radius 3 is 1.58 bits per heavy atom. The molecule has 31 heavy (non-hydrogen) atoms. The smallest absolute Gasteiger partial charge is 0.420 e. The van der Waals surface area contributed by atoms with E-state index in [4.69, 9.17) is 26.1 Å². The van der Waals surface area contributed by atoms with E-state index in [-0.39, 0.29) is 11.5 Å². The summed E-state index contributed by atoms with van der Waals surface area (Å²) in [7, 11) is 1.73. The Morgan fingerprint density at radius 2 is 1.23 bits per heavy atom. The summed E-state index contributed by atoms with van der Waals surface area (Å²) in [6.07, 6.45) is -9.18. The molecule has 0 aliphatic heterocycles. The van der Waals surface area contributed by atoms with Crippen molar-refractivity contribution in [2.75, 3.05) is 6.61 Å². The maximum absolute atomic E-state index is 12.6. The van der Waals surface area contributed by atoms with Crippen LogP contribution in [0.5, 0.6) is 5.75 Å². The summed E-state index contributed by atoms with van der Waals surface area (Å²) in [5.74, 6) is -0.427. The van der Waals surface area contributed by atoms with Crippen LogP contribution in [-0.4, -0.2) is 23.4 Å². The van der Waals surface area contributed by atoms with Gasteiger partial charge in [-0.3, -0.25) is 0 Å². The molecule has 0 bridgehead atoms. The molecule has 0 spiro atoms. The van der Waals surface area contributed by atoms with Gasteiger partial charge in [0.1, 0.15) is 5.75 Å². The highest BCUT2D eigenvalue weighted by Gasteiger charge is 2.35. The molecule has 2 aromatic carbocycles. The van der Waals surface area contributed by atoms with Crippen molar-refractivity contribution in [3.63, 3.8) is 0 Å². The van der Waals surface area contributed by atoms with Gasteiger partial charge < -0.3 is 4.74 Å². The Kier molecular flexibility index (Phi) is 8.68. The fourth-order valence-electron chi connectivity index (χ4n) is 1.97. The van der Waals surface area contributed by atoms with Gasteiger partial charge in [-0.2, -0.15) is 26.3 Å². The maximum atomic E-state index is 12.6. The summed E-state index contributed by atoms with van der Waals surface area (Å²) in [5, 5.41) is 0. The molecular formula is C16H12Cl2F6O5S2. The van der Waals surface area contributed by atoms with E-state index in [9.17, 15) is 43.2 Å². The zero-order chi connectivity index (χ0) is 24.3. The van der Waals surface area contributed by atoms with E-state index in [2.05, 4.69) is 0 Å². The van der Waals surface area contributed by atoms with Gasteiger partial charge in [0.05, 0.1) is 27.5 Å². The minimum absolute atomic E-state index is 0.0377. The van der Waals surface area contributed by atoms with E-state index in [1.54, 1.807) is 0 Å². The standard InChI is InChI=1S/C9H8ClF3O3S.C7H4ClF3O2S/c1-2-16-8-4-3-6(17(10,14)15)5-7(8)9(11,12)13;8-14(12,13)6-3-1-5(2-4-6)7(9,10)11/h3-5H,2H2,1H3;1-4H. The van der Waals surface area contributed by atoms with Crippen LogP contribution >= 0.6 is 21.4 Å². The van der Waals surface area contributed by atoms with Gasteiger partial charge in [0.15, 0.2) is 0 Å². The summed E-state index contributed by atoms with van der Waals surface area (Å²) in [6.45, 7) is 1.56. The van der Waals surface area contributed by atoms with E-state index < -0.39 is 52.2 Å². The summed E-state index contributed by atoms with van der Waals surface area (Å²) in [5.41, 5.74) is -2.08. The molecule has 0 N–H and O–H groups in total. The maximum Gasteiger partial charge on any atom is 0.420 e. The number of benzene rings is 2. The van der Waals surface area contributed by atoms with Crippen LogP contribution in [0.3, 0.4) is 0 Å². The minimum atomic E-state index is -4.71. The first-order valence-electron chi connectivity index (χ1n) is 7.78. The van der Waals surface area contributed by atoms with Crippen molar-refractivity contribution in [2.24, 2.45) is 0 Å². The highest BCUT2D eigenvalue weighted by atomic mass is 35.7. The lowest BCUT2D eigenvalue weighted by atomic mass is 10.2. The normalized spacial score (nSPS) is 12.7. The van der Waals surface area contributed by atoms with Crippen LogP contribution in [0.4, 0.5) is 26.3 Å². The van der Waals surface area contributed by atoms with Crippen LogP contribution in [0.25, 0.3) is 0 Å². The van der Waals surface area contributed by atoms with E-state index in [0.29, 0.717) is 18.2 Å². The van der Waals surface area contributed by atoms with Gasteiger partial charge in [0.25, 0.3) is 18.1 Å². The molecule has 0 fully saturated rings. The molecule has 0 saturated carbocycles. The predicted molar refractivity (Wildman–Crippen MR) is 100 cm³/mol. The van der Waals surface area contributed by atoms with Crippen molar-refractivity contribution in [2.45, 2.75) is 29.1 Å². The van der Waals surface area contributed by atoms with Gasteiger partial charge >= 0.3 is 12.4 Å². The molecule has 15 heteroatoms.